The molecule has 0 spiro atoms. The molecule has 0 saturated heterocycles. The second kappa shape index (κ2) is 16.2. The lowest BCUT2D eigenvalue weighted by Crippen LogP contribution is -2.59. The molecule has 2 aromatic carbocycles. The van der Waals surface area contributed by atoms with Gasteiger partial charge in [-0.25, -0.2) is 4.79 Å². The number of para-hydroxylation sites is 1. The van der Waals surface area contributed by atoms with Crippen molar-refractivity contribution in [3.8, 4) is 0 Å². The maximum Gasteiger partial charge on any atom is 0.326 e. The molecule has 0 aliphatic heterocycles. The van der Waals surface area contributed by atoms with Crippen LogP contribution in [0.25, 0.3) is 10.9 Å². The maximum atomic E-state index is 13.9. The molecule has 0 aliphatic carbocycles. The van der Waals surface area contributed by atoms with E-state index in [1.807, 2.05) is 24.3 Å². The van der Waals surface area contributed by atoms with E-state index in [-0.39, 0.29) is 12.8 Å². The van der Waals surface area contributed by atoms with E-state index in [9.17, 15) is 39.0 Å². The molecule has 4 amide bonds. The van der Waals surface area contributed by atoms with Crippen LogP contribution in [-0.2, 0) is 41.6 Å². The highest BCUT2D eigenvalue weighted by Crippen LogP contribution is 2.19. The molecule has 1 heterocycles. The molecule has 3 aromatic rings. The van der Waals surface area contributed by atoms with E-state index in [1.165, 1.54) is 6.92 Å². The number of benzene rings is 2. The van der Waals surface area contributed by atoms with E-state index in [1.54, 1.807) is 50.4 Å². The van der Waals surface area contributed by atoms with E-state index < -0.39 is 78.1 Å². The van der Waals surface area contributed by atoms with Gasteiger partial charge >= 0.3 is 11.9 Å². The van der Waals surface area contributed by atoms with Crippen molar-refractivity contribution in [2.24, 2.45) is 11.7 Å². The number of aromatic nitrogens is 1. The Hall–Kier alpha value is -5.24. The molecule has 0 saturated carbocycles. The van der Waals surface area contributed by atoms with Gasteiger partial charge in [0.2, 0.25) is 23.6 Å². The standard InChI is InChI=1S/C32H40N6O8/c1-17(2)27(32(45)46)38-31(44)24(14-20-16-34-22-12-8-7-11-21(20)22)37-29(42)23(13-19-9-5-4-6-10-19)36-30(43)25(15-26(39)40)35-28(41)18(3)33/h4-12,16-18,23-25,27,34H,13-15,33H2,1-3H3,(H,35,41)(H,36,43)(H,37,42)(H,38,44)(H,39,40)(H,45,46)/t18-,23-,24-,25-,27-/m0/s1. The van der Waals surface area contributed by atoms with Crippen LogP contribution in [0.1, 0.15) is 38.3 Å². The summed E-state index contributed by atoms with van der Waals surface area (Å²) < 4.78 is 0. The van der Waals surface area contributed by atoms with E-state index in [0.29, 0.717) is 11.1 Å². The number of fused-ring (bicyclic) bond motifs is 1. The summed E-state index contributed by atoms with van der Waals surface area (Å²) in [5, 5.41) is 29.8. The number of nitrogens with one attached hydrogen (secondary N) is 5. The molecule has 5 atom stereocenters. The summed E-state index contributed by atoms with van der Waals surface area (Å²) in [5.41, 5.74) is 7.69. The molecule has 246 valence electrons. The zero-order chi connectivity index (χ0) is 34.0. The Morgan fingerprint density at radius 1 is 0.717 bits per heavy atom. The highest BCUT2D eigenvalue weighted by Gasteiger charge is 2.33. The van der Waals surface area contributed by atoms with Crippen LogP contribution in [-0.4, -0.2) is 81.0 Å². The summed E-state index contributed by atoms with van der Waals surface area (Å²) in [6.07, 6.45) is 0.838. The van der Waals surface area contributed by atoms with Crippen LogP contribution in [0, 0.1) is 5.92 Å². The summed E-state index contributed by atoms with van der Waals surface area (Å²) in [5.74, 6) is -6.34. The average Bonchev–Trinajstić information content (AvgIpc) is 3.41. The number of rotatable bonds is 16. The number of amides is 4. The van der Waals surface area contributed by atoms with Crippen LogP contribution in [0.2, 0.25) is 0 Å². The molecule has 14 heteroatoms. The first kappa shape index (κ1) is 35.2. The lowest BCUT2D eigenvalue weighted by atomic mass is 10.00. The molecule has 14 nitrogen and oxygen atoms in total. The number of carboxylic acid groups (broad SMARTS) is 2. The smallest absolute Gasteiger partial charge is 0.326 e. The SMILES string of the molecule is CC(C)[C@H](NC(=O)[C@H](Cc1c[nH]c2ccccc12)NC(=O)[C@H](Cc1ccccc1)NC(=O)[C@H](CC(=O)O)NC(=O)[C@H](C)N)C(=O)O. The molecular formula is C32H40N6O8. The Bertz CT molecular complexity index is 1550. The number of aromatic amines is 1. The molecule has 46 heavy (non-hydrogen) atoms. The van der Waals surface area contributed by atoms with E-state index in [0.717, 1.165) is 10.9 Å². The summed E-state index contributed by atoms with van der Waals surface area (Å²) in [4.78, 5) is 79.4. The van der Waals surface area contributed by atoms with E-state index in [2.05, 4.69) is 26.3 Å². The fraction of sp³-hybridized carbons (Fsp3) is 0.375. The van der Waals surface area contributed by atoms with Crippen molar-refractivity contribution in [1.29, 1.82) is 0 Å². The van der Waals surface area contributed by atoms with Crippen molar-refractivity contribution >= 4 is 46.5 Å². The molecular weight excluding hydrogens is 596 g/mol. The topological polar surface area (TPSA) is 233 Å². The van der Waals surface area contributed by atoms with Gasteiger partial charge in [-0.1, -0.05) is 62.4 Å². The van der Waals surface area contributed by atoms with Gasteiger partial charge in [0.1, 0.15) is 24.2 Å². The lowest BCUT2D eigenvalue weighted by Gasteiger charge is -2.27. The van der Waals surface area contributed by atoms with Crippen molar-refractivity contribution in [3.63, 3.8) is 0 Å². The average molecular weight is 637 g/mol. The summed E-state index contributed by atoms with van der Waals surface area (Å²) in [6.45, 7) is 4.63. The minimum atomic E-state index is -1.55. The number of nitrogens with two attached hydrogens (primary N) is 1. The summed E-state index contributed by atoms with van der Waals surface area (Å²) in [6, 6.07) is 9.58. The fourth-order valence-corrected chi connectivity index (χ4v) is 4.79. The number of hydrogen-bond donors (Lipinski definition) is 8. The number of H-pyrrole nitrogens is 1. The third-order valence-corrected chi connectivity index (χ3v) is 7.30. The zero-order valence-electron chi connectivity index (χ0n) is 25.8. The van der Waals surface area contributed by atoms with Gasteiger partial charge < -0.3 is 42.2 Å². The van der Waals surface area contributed by atoms with E-state index >= 15 is 0 Å². The van der Waals surface area contributed by atoms with Gasteiger partial charge in [0.25, 0.3) is 0 Å². The number of carbonyl (C=O) groups is 6. The lowest BCUT2D eigenvalue weighted by molar-refractivity contribution is -0.143. The van der Waals surface area contributed by atoms with Gasteiger partial charge in [0.05, 0.1) is 12.5 Å². The molecule has 3 rings (SSSR count). The van der Waals surface area contributed by atoms with Gasteiger partial charge in [-0.2, -0.15) is 0 Å². The van der Waals surface area contributed by atoms with Crippen molar-refractivity contribution in [2.45, 2.75) is 70.2 Å². The highest BCUT2D eigenvalue weighted by atomic mass is 16.4. The monoisotopic (exact) mass is 636 g/mol. The quantitative estimate of drug-likeness (QED) is 0.109. The molecule has 0 unspecified atom stereocenters. The van der Waals surface area contributed by atoms with Gasteiger partial charge in [-0.3, -0.25) is 24.0 Å². The van der Waals surface area contributed by atoms with E-state index in [4.69, 9.17) is 5.73 Å². The van der Waals surface area contributed by atoms with Gasteiger partial charge in [-0.05, 0) is 30.0 Å². The second-order valence-electron chi connectivity index (χ2n) is 11.4. The van der Waals surface area contributed by atoms with Crippen LogP contribution in [0.3, 0.4) is 0 Å². The van der Waals surface area contributed by atoms with Crippen LogP contribution < -0.4 is 27.0 Å². The predicted octanol–water partition coefficient (Wildman–Crippen LogP) is 0.455. The van der Waals surface area contributed by atoms with Crippen LogP contribution in [0.4, 0.5) is 0 Å². The molecule has 0 bridgehead atoms. The molecule has 0 aliphatic rings. The van der Waals surface area contributed by atoms with Crippen molar-refractivity contribution in [2.75, 3.05) is 0 Å². The molecule has 0 fully saturated rings. The zero-order valence-corrected chi connectivity index (χ0v) is 25.8. The fourth-order valence-electron chi connectivity index (χ4n) is 4.79. The number of carbonyl (C=O) groups excluding carboxylic acids is 4. The second-order valence-corrected chi connectivity index (χ2v) is 11.4. The highest BCUT2D eigenvalue weighted by molar-refractivity contribution is 5.97. The van der Waals surface area contributed by atoms with Gasteiger partial charge in [0.15, 0.2) is 0 Å². The number of carboxylic acids is 2. The Balaban J connectivity index is 1.94. The molecule has 0 radical (unpaired) electrons. The maximum absolute atomic E-state index is 13.9. The van der Waals surface area contributed by atoms with Gasteiger partial charge in [-0.15, -0.1) is 0 Å². The first-order valence-electron chi connectivity index (χ1n) is 14.8. The summed E-state index contributed by atoms with van der Waals surface area (Å²) >= 11 is 0. The molecule has 1 aromatic heterocycles. The number of hydrogen-bond acceptors (Lipinski definition) is 7. The Morgan fingerprint density at radius 2 is 1.26 bits per heavy atom. The van der Waals surface area contributed by atoms with Gasteiger partial charge in [0, 0.05) is 29.9 Å². The summed E-state index contributed by atoms with van der Waals surface area (Å²) in [7, 11) is 0. The Kier molecular flexibility index (Phi) is 12.4. The normalized spacial score (nSPS) is 14.4. The third kappa shape index (κ3) is 9.89. The third-order valence-electron chi connectivity index (χ3n) is 7.30. The van der Waals surface area contributed by atoms with Crippen molar-refractivity contribution < 1.29 is 39.0 Å². The van der Waals surface area contributed by atoms with Crippen molar-refractivity contribution in [1.82, 2.24) is 26.3 Å². The predicted molar refractivity (Wildman–Crippen MR) is 168 cm³/mol. The largest absolute Gasteiger partial charge is 0.481 e. The minimum Gasteiger partial charge on any atom is -0.481 e. The van der Waals surface area contributed by atoms with Crippen molar-refractivity contribution in [3.05, 3.63) is 71.9 Å². The Morgan fingerprint density at radius 3 is 1.85 bits per heavy atom. The van der Waals surface area contributed by atoms with Crippen LogP contribution >= 0.6 is 0 Å². The Labute approximate surface area is 265 Å². The molecule has 9 N–H and O–H groups in total. The van der Waals surface area contributed by atoms with Crippen LogP contribution in [0.15, 0.2) is 60.8 Å². The number of aliphatic carboxylic acids is 2. The first-order chi connectivity index (χ1) is 21.8. The van der Waals surface area contributed by atoms with Crippen LogP contribution in [0.5, 0.6) is 0 Å². The minimum absolute atomic E-state index is 0.0237. The first-order valence-corrected chi connectivity index (χ1v) is 14.8.